The Balaban J connectivity index is 1.83. The van der Waals surface area contributed by atoms with Gasteiger partial charge in [-0.15, -0.1) is 0 Å². The minimum absolute atomic E-state index is 0.446. The van der Waals surface area contributed by atoms with Crippen molar-refractivity contribution in [3.63, 3.8) is 0 Å². The second-order valence-electron chi connectivity index (χ2n) is 6.52. The topological polar surface area (TPSA) is 30.9 Å². The third-order valence-corrected chi connectivity index (χ3v) is 5.23. The van der Waals surface area contributed by atoms with Crippen LogP contribution in [0.25, 0.3) is 0 Å². The molecule has 0 amide bonds. The number of benzene rings is 1. The van der Waals surface area contributed by atoms with E-state index in [1.54, 1.807) is 32.5 Å². The van der Waals surface area contributed by atoms with Gasteiger partial charge in [0, 0.05) is 19.0 Å². The van der Waals surface area contributed by atoms with Crippen molar-refractivity contribution < 1.29 is 14.2 Å². The standard InChI is InChI=1S/C20H27NO3/c1-21-10-9-15-13-16(22-2)6-7-17(15)18(21)11-14-5-8-19(23-3)20(12-14)24-4/h5-6,8,12,18H,7,9-11,13H2,1-4H3. The van der Waals surface area contributed by atoms with Crippen LogP contribution in [0, 0.1) is 0 Å². The third kappa shape index (κ3) is 3.29. The van der Waals surface area contributed by atoms with Gasteiger partial charge in [-0.25, -0.2) is 0 Å². The summed E-state index contributed by atoms with van der Waals surface area (Å²) in [4.78, 5) is 2.47. The lowest BCUT2D eigenvalue weighted by atomic mass is 9.83. The van der Waals surface area contributed by atoms with Gasteiger partial charge in [0.25, 0.3) is 0 Å². The molecule has 1 aliphatic carbocycles. The molecule has 4 heteroatoms. The molecule has 0 saturated carbocycles. The van der Waals surface area contributed by atoms with Crippen LogP contribution in [-0.2, 0) is 11.2 Å². The zero-order valence-electron chi connectivity index (χ0n) is 15.1. The van der Waals surface area contributed by atoms with E-state index in [-0.39, 0.29) is 0 Å². The first kappa shape index (κ1) is 16.9. The maximum absolute atomic E-state index is 5.46. The van der Waals surface area contributed by atoms with Crippen molar-refractivity contribution in [3.05, 3.63) is 46.7 Å². The molecule has 3 rings (SSSR count). The number of ether oxygens (including phenoxy) is 3. The highest BCUT2D eigenvalue weighted by Gasteiger charge is 2.29. The molecular weight excluding hydrogens is 302 g/mol. The van der Waals surface area contributed by atoms with Crippen molar-refractivity contribution in [1.82, 2.24) is 4.90 Å². The van der Waals surface area contributed by atoms with Gasteiger partial charge >= 0.3 is 0 Å². The Morgan fingerprint density at radius 1 is 1.08 bits per heavy atom. The van der Waals surface area contributed by atoms with Gasteiger partial charge in [0.2, 0.25) is 0 Å². The van der Waals surface area contributed by atoms with Crippen molar-refractivity contribution in [2.45, 2.75) is 31.7 Å². The molecular formula is C20H27NO3. The van der Waals surface area contributed by atoms with Crippen molar-refractivity contribution in [3.8, 4) is 11.5 Å². The van der Waals surface area contributed by atoms with E-state index < -0.39 is 0 Å². The van der Waals surface area contributed by atoms with Crippen LogP contribution in [0.2, 0.25) is 0 Å². The Hall–Kier alpha value is -1.94. The second kappa shape index (κ2) is 7.31. The summed E-state index contributed by atoms with van der Waals surface area (Å²) in [6.07, 6.45) is 6.35. The van der Waals surface area contributed by atoms with Crippen LogP contribution in [-0.4, -0.2) is 45.9 Å². The number of methoxy groups -OCH3 is 3. The second-order valence-corrected chi connectivity index (χ2v) is 6.52. The molecule has 24 heavy (non-hydrogen) atoms. The van der Waals surface area contributed by atoms with E-state index in [4.69, 9.17) is 14.2 Å². The van der Waals surface area contributed by atoms with Crippen molar-refractivity contribution >= 4 is 0 Å². The molecule has 0 spiro atoms. The Bertz CT molecular complexity index is 663. The Morgan fingerprint density at radius 3 is 2.58 bits per heavy atom. The summed E-state index contributed by atoms with van der Waals surface area (Å²) in [6.45, 7) is 1.10. The molecule has 0 fully saturated rings. The highest BCUT2D eigenvalue weighted by molar-refractivity contribution is 5.44. The largest absolute Gasteiger partial charge is 0.501 e. The van der Waals surface area contributed by atoms with Crippen LogP contribution in [0.4, 0.5) is 0 Å². The number of likely N-dealkylation sites (N-methyl/N-ethyl adjacent to an activating group) is 1. The molecule has 1 unspecified atom stereocenters. The number of rotatable bonds is 5. The summed E-state index contributed by atoms with van der Waals surface area (Å²) >= 11 is 0. The molecule has 1 aromatic carbocycles. The predicted molar refractivity (Wildman–Crippen MR) is 95.6 cm³/mol. The summed E-state index contributed by atoms with van der Waals surface area (Å²) in [6, 6.07) is 6.68. The average molecular weight is 329 g/mol. The van der Waals surface area contributed by atoms with Gasteiger partial charge in [0.1, 0.15) is 0 Å². The number of allylic oxidation sites excluding steroid dienone is 2. The van der Waals surface area contributed by atoms with Crippen LogP contribution >= 0.6 is 0 Å². The Kier molecular flexibility index (Phi) is 5.14. The van der Waals surface area contributed by atoms with Crippen LogP contribution in [0.1, 0.15) is 24.8 Å². The average Bonchev–Trinajstić information content (AvgIpc) is 2.63. The lowest BCUT2D eigenvalue weighted by Gasteiger charge is -2.38. The van der Waals surface area contributed by atoms with Gasteiger partial charge in [-0.05, 0) is 55.7 Å². The molecule has 0 radical (unpaired) electrons. The monoisotopic (exact) mass is 329 g/mol. The van der Waals surface area contributed by atoms with E-state index in [0.29, 0.717) is 6.04 Å². The lowest BCUT2D eigenvalue weighted by molar-refractivity contribution is 0.236. The molecule has 1 heterocycles. The summed E-state index contributed by atoms with van der Waals surface area (Å²) in [5, 5.41) is 0. The molecule has 1 atom stereocenters. The van der Waals surface area contributed by atoms with Gasteiger partial charge in [0.15, 0.2) is 11.5 Å². The highest BCUT2D eigenvalue weighted by atomic mass is 16.5. The van der Waals surface area contributed by atoms with E-state index in [1.165, 1.54) is 5.56 Å². The smallest absolute Gasteiger partial charge is 0.160 e. The maximum Gasteiger partial charge on any atom is 0.160 e. The molecule has 0 N–H and O–H groups in total. The zero-order chi connectivity index (χ0) is 17.1. The Labute approximate surface area is 144 Å². The van der Waals surface area contributed by atoms with Gasteiger partial charge in [0.05, 0.1) is 27.1 Å². The first-order valence-corrected chi connectivity index (χ1v) is 8.51. The summed E-state index contributed by atoms with van der Waals surface area (Å²) in [5.74, 6) is 2.69. The normalized spacial score (nSPS) is 21.2. The predicted octanol–water partition coefficient (Wildman–Crippen LogP) is 3.57. The van der Waals surface area contributed by atoms with Gasteiger partial charge in [-0.1, -0.05) is 11.6 Å². The van der Waals surface area contributed by atoms with Gasteiger partial charge < -0.3 is 14.2 Å². The summed E-state index contributed by atoms with van der Waals surface area (Å²) in [5.41, 5.74) is 4.41. The molecule has 0 saturated heterocycles. The summed E-state index contributed by atoms with van der Waals surface area (Å²) in [7, 11) is 7.36. The fourth-order valence-electron chi connectivity index (χ4n) is 3.78. The molecule has 1 aliphatic heterocycles. The molecule has 0 bridgehead atoms. The zero-order valence-corrected chi connectivity index (χ0v) is 15.1. The fraction of sp³-hybridized carbons (Fsp3) is 0.500. The fourth-order valence-corrected chi connectivity index (χ4v) is 3.78. The lowest BCUT2D eigenvalue weighted by Crippen LogP contribution is -2.40. The van der Waals surface area contributed by atoms with Crippen molar-refractivity contribution in [2.24, 2.45) is 0 Å². The maximum atomic E-state index is 5.46. The number of hydrogen-bond donors (Lipinski definition) is 0. The molecule has 0 aromatic heterocycles. The van der Waals surface area contributed by atoms with Crippen molar-refractivity contribution in [1.29, 1.82) is 0 Å². The SMILES string of the molecule is COC1=CCC2=C(CCN(C)C2Cc2ccc(OC)c(OC)c2)C1. The van der Waals surface area contributed by atoms with Crippen LogP contribution in [0.15, 0.2) is 41.2 Å². The molecule has 2 aliphatic rings. The van der Waals surface area contributed by atoms with E-state index in [1.807, 2.05) is 6.07 Å². The minimum Gasteiger partial charge on any atom is -0.501 e. The van der Waals surface area contributed by atoms with Crippen LogP contribution < -0.4 is 9.47 Å². The van der Waals surface area contributed by atoms with E-state index in [2.05, 4.69) is 30.2 Å². The first-order valence-electron chi connectivity index (χ1n) is 8.51. The highest BCUT2D eigenvalue weighted by Crippen LogP contribution is 2.36. The molecule has 130 valence electrons. The Morgan fingerprint density at radius 2 is 1.88 bits per heavy atom. The number of hydrogen-bond acceptors (Lipinski definition) is 4. The van der Waals surface area contributed by atoms with Gasteiger partial charge in [-0.3, -0.25) is 4.90 Å². The van der Waals surface area contributed by atoms with Crippen LogP contribution in [0.3, 0.4) is 0 Å². The van der Waals surface area contributed by atoms with E-state index in [9.17, 15) is 0 Å². The van der Waals surface area contributed by atoms with E-state index >= 15 is 0 Å². The van der Waals surface area contributed by atoms with Crippen molar-refractivity contribution in [2.75, 3.05) is 34.9 Å². The summed E-state index contributed by atoms with van der Waals surface area (Å²) < 4.78 is 16.3. The quantitative estimate of drug-likeness (QED) is 0.773. The van der Waals surface area contributed by atoms with Crippen LogP contribution in [0.5, 0.6) is 11.5 Å². The molecule has 4 nitrogen and oxygen atoms in total. The van der Waals surface area contributed by atoms with E-state index in [0.717, 1.165) is 49.5 Å². The first-order chi connectivity index (χ1) is 11.7. The van der Waals surface area contributed by atoms with Gasteiger partial charge in [-0.2, -0.15) is 0 Å². The minimum atomic E-state index is 0.446. The third-order valence-electron chi connectivity index (χ3n) is 5.23. The number of nitrogens with zero attached hydrogens (tertiary/aromatic N) is 1. The molecule has 1 aromatic rings.